The summed E-state index contributed by atoms with van der Waals surface area (Å²) >= 11 is 0. The van der Waals surface area contributed by atoms with Gasteiger partial charge in [-0.25, -0.2) is 4.98 Å². The van der Waals surface area contributed by atoms with Crippen molar-refractivity contribution in [3.8, 4) is 11.3 Å². The summed E-state index contributed by atoms with van der Waals surface area (Å²) in [6.07, 6.45) is 5.47. The maximum absolute atomic E-state index is 12.8. The van der Waals surface area contributed by atoms with Crippen molar-refractivity contribution in [2.75, 3.05) is 10.6 Å². The van der Waals surface area contributed by atoms with Gasteiger partial charge >= 0.3 is 0 Å². The van der Waals surface area contributed by atoms with Gasteiger partial charge in [0.1, 0.15) is 5.82 Å². The van der Waals surface area contributed by atoms with E-state index in [9.17, 15) is 9.90 Å². The van der Waals surface area contributed by atoms with E-state index < -0.39 is 5.60 Å². The highest BCUT2D eigenvalue weighted by atomic mass is 16.3. The second-order valence-corrected chi connectivity index (χ2v) is 10.8. The lowest BCUT2D eigenvalue weighted by atomic mass is 9.98. The number of amides is 1. The third-order valence-electron chi connectivity index (χ3n) is 6.96. The van der Waals surface area contributed by atoms with Crippen LogP contribution in [0.4, 0.5) is 17.2 Å². The molecular weight excluding hydrogens is 512 g/mol. The third kappa shape index (κ3) is 5.50. The van der Waals surface area contributed by atoms with E-state index in [4.69, 9.17) is 4.98 Å². The molecule has 0 aliphatic rings. The number of aryl methyl sites for hydroxylation is 1. The van der Waals surface area contributed by atoms with E-state index in [1.54, 1.807) is 32.2 Å². The van der Waals surface area contributed by atoms with Crippen LogP contribution in [0.1, 0.15) is 29.8 Å². The number of rotatable bonds is 7. The highest BCUT2D eigenvalue weighted by molar-refractivity contribution is 6.05. The van der Waals surface area contributed by atoms with Gasteiger partial charge in [-0.15, -0.1) is 0 Å². The Morgan fingerprint density at radius 1 is 0.902 bits per heavy atom. The molecule has 3 heterocycles. The number of benzene rings is 3. The summed E-state index contributed by atoms with van der Waals surface area (Å²) in [4.78, 5) is 22.2. The van der Waals surface area contributed by atoms with Crippen molar-refractivity contribution in [2.45, 2.75) is 32.9 Å². The van der Waals surface area contributed by atoms with Gasteiger partial charge in [-0.1, -0.05) is 30.3 Å². The summed E-state index contributed by atoms with van der Waals surface area (Å²) in [5.74, 6) is 0.457. The van der Waals surface area contributed by atoms with Crippen molar-refractivity contribution in [1.29, 1.82) is 0 Å². The summed E-state index contributed by atoms with van der Waals surface area (Å²) < 4.78 is 1.84. The largest absolute Gasteiger partial charge is 0.389 e. The number of para-hydroxylation sites is 1. The fourth-order valence-corrected chi connectivity index (χ4v) is 5.00. The average Bonchev–Trinajstić information content (AvgIpc) is 3.36. The first-order chi connectivity index (χ1) is 19.7. The fraction of sp³-hybridized carbons (Fsp3) is 0.152. The molecule has 41 heavy (non-hydrogen) atoms. The summed E-state index contributed by atoms with van der Waals surface area (Å²) in [7, 11) is 0. The SMILES string of the molecule is Cc1c(-c2nccc3cnc(Nc4cccc(C(=O)Nc5ccccc5)c4)cc23)ccc2c1cnn2CC(C)(C)O. The number of nitrogens with zero attached hydrogens (tertiary/aromatic N) is 4. The molecule has 8 nitrogen and oxygen atoms in total. The molecule has 0 aliphatic carbocycles. The first kappa shape index (κ1) is 26.2. The fourth-order valence-electron chi connectivity index (χ4n) is 5.00. The molecule has 1 amide bonds. The van der Waals surface area contributed by atoms with Crippen LogP contribution >= 0.6 is 0 Å². The van der Waals surface area contributed by atoms with Gasteiger partial charge in [0.2, 0.25) is 0 Å². The van der Waals surface area contributed by atoms with Gasteiger partial charge in [0.05, 0.1) is 29.6 Å². The first-order valence-electron chi connectivity index (χ1n) is 13.4. The van der Waals surface area contributed by atoms with Crippen molar-refractivity contribution in [3.05, 3.63) is 109 Å². The molecule has 0 fully saturated rings. The molecule has 6 rings (SSSR count). The number of nitrogens with one attached hydrogen (secondary N) is 2. The Morgan fingerprint density at radius 3 is 2.51 bits per heavy atom. The number of carbonyl (C=O) groups is 1. The zero-order valence-electron chi connectivity index (χ0n) is 23.1. The monoisotopic (exact) mass is 542 g/mol. The Balaban J connectivity index is 1.31. The molecule has 3 aromatic carbocycles. The van der Waals surface area contributed by atoms with Gasteiger partial charge in [0.25, 0.3) is 5.91 Å². The smallest absolute Gasteiger partial charge is 0.255 e. The van der Waals surface area contributed by atoms with Crippen LogP contribution in [0.15, 0.2) is 97.5 Å². The predicted molar refractivity (Wildman–Crippen MR) is 163 cm³/mol. The maximum Gasteiger partial charge on any atom is 0.255 e. The van der Waals surface area contributed by atoms with Crippen LogP contribution in [0.25, 0.3) is 32.9 Å². The molecule has 0 bridgehead atoms. The van der Waals surface area contributed by atoms with Gasteiger partial charge in [-0.3, -0.25) is 14.5 Å². The molecule has 0 spiro atoms. The quantitative estimate of drug-likeness (QED) is 0.207. The van der Waals surface area contributed by atoms with Crippen molar-refractivity contribution >= 4 is 44.8 Å². The predicted octanol–water partition coefficient (Wildman–Crippen LogP) is 6.72. The summed E-state index contributed by atoms with van der Waals surface area (Å²) in [6, 6.07) is 24.7. The Morgan fingerprint density at radius 2 is 1.71 bits per heavy atom. The number of hydrogen-bond acceptors (Lipinski definition) is 6. The van der Waals surface area contributed by atoms with E-state index in [2.05, 4.69) is 33.7 Å². The Labute approximate surface area is 237 Å². The lowest BCUT2D eigenvalue weighted by Crippen LogP contribution is -2.26. The molecule has 6 aromatic rings. The zero-order chi connectivity index (χ0) is 28.6. The highest BCUT2D eigenvalue weighted by Crippen LogP contribution is 2.34. The van der Waals surface area contributed by atoms with Crippen LogP contribution in [-0.2, 0) is 6.54 Å². The lowest BCUT2D eigenvalue weighted by molar-refractivity contribution is 0.0591. The number of carbonyl (C=O) groups excluding carboxylic acids is 1. The number of aliphatic hydroxyl groups is 1. The van der Waals surface area contributed by atoms with Crippen LogP contribution in [0.5, 0.6) is 0 Å². The molecule has 0 unspecified atom stereocenters. The number of fused-ring (bicyclic) bond motifs is 2. The van der Waals surface area contributed by atoms with Gasteiger partial charge in [0, 0.05) is 51.1 Å². The summed E-state index contributed by atoms with van der Waals surface area (Å²) in [6.45, 7) is 6.02. The van der Waals surface area contributed by atoms with E-state index in [1.807, 2.05) is 77.7 Å². The maximum atomic E-state index is 12.8. The topological polar surface area (TPSA) is 105 Å². The van der Waals surface area contributed by atoms with Gasteiger partial charge in [-0.2, -0.15) is 5.10 Å². The number of hydrogen-bond donors (Lipinski definition) is 3. The van der Waals surface area contributed by atoms with Crippen molar-refractivity contribution in [3.63, 3.8) is 0 Å². The molecular formula is C33H30N6O2. The molecule has 0 saturated carbocycles. The number of anilines is 3. The average molecular weight is 543 g/mol. The Hall–Kier alpha value is -5.08. The molecule has 204 valence electrons. The third-order valence-corrected chi connectivity index (χ3v) is 6.96. The van der Waals surface area contributed by atoms with Crippen LogP contribution in [0.2, 0.25) is 0 Å². The van der Waals surface area contributed by atoms with Gasteiger partial charge < -0.3 is 15.7 Å². The summed E-state index contributed by atoms with van der Waals surface area (Å²) in [5, 5.41) is 24.0. The van der Waals surface area contributed by atoms with Crippen LogP contribution in [-0.4, -0.2) is 36.4 Å². The van der Waals surface area contributed by atoms with Crippen LogP contribution < -0.4 is 10.6 Å². The first-order valence-corrected chi connectivity index (χ1v) is 13.4. The highest BCUT2D eigenvalue weighted by Gasteiger charge is 2.18. The minimum absolute atomic E-state index is 0.186. The van der Waals surface area contributed by atoms with Crippen molar-refractivity contribution < 1.29 is 9.90 Å². The van der Waals surface area contributed by atoms with E-state index in [1.165, 1.54) is 0 Å². The van der Waals surface area contributed by atoms with Gasteiger partial charge in [0.15, 0.2) is 0 Å². The molecule has 3 N–H and O–H groups in total. The normalized spacial score (nSPS) is 11.6. The molecule has 0 radical (unpaired) electrons. The molecule has 3 aromatic heterocycles. The number of pyridine rings is 2. The number of aromatic nitrogens is 4. The Bertz CT molecular complexity index is 1890. The summed E-state index contributed by atoms with van der Waals surface area (Å²) in [5.41, 5.74) is 5.04. The van der Waals surface area contributed by atoms with Crippen molar-refractivity contribution in [2.24, 2.45) is 0 Å². The molecule has 0 atom stereocenters. The standard InChI is InChI=1S/C33H30N6O2/c1-21-26(12-13-29-28(21)19-36-39(29)20-33(2,3)41)31-27-17-30(35-18-23(27)14-15-34-31)37-25-11-7-8-22(16-25)32(40)38-24-9-5-4-6-10-24/h4-19,41H,20H2,1-3H3,(H,35,37)(H,38,40). The molecule has 8 heteroatoms. The molecule has 0 aliphatic heterocycles. The van der Waals surface area contributed by atoms with Crippen LogP contribution in [0.3, 0.4) is 0 Å². The molecule has 0 saturated heterocycles. The van der Waals surface area contributed by atoms with E-state index in [0.29, 0.717) is 17.9 Å². The van der Waals surface area contributed by atoms with Gasteiger partial charge in [-0.05, 0) is 74.9 Å². The Kier molecular flexibility index (Phi) is 6.69. The van der Waals surface area contributed by atoms with Crippen LogP contribution in [0, 0.1) is 6.92 Å². The van der Waals surface area contributed by atoms with Crippen molar-refractivity contribution in [1.82, 2.24) is 19.7 Å². The zero-order valence-corrected chi connectivity index (χ0v) is 23.1. The lowest BCUT2D eigenvalue weighted by Gasteiger charge is -2.18. The minimum Gasteiger partial charge on any atom is -0.389 e. The minimum atomic E-state index is -0.871. The second-order valence-electron chi connectivity index (χ2n) is 10.8. The van der Waals surface area contributed by atoms with E-state index in [0.717, 1.165) is 49.9 Å². The van der Waals surface area contributed by atoms with E-state index in [-0.39, 0.29) is 5.91 Å². The van der Waals surface area contributed by atoms with E-state index >= 15 is 0 Å². The second kappa shape index (κ2) is 10.5.